The van der Waals surface area contributed by atoms with Crippen LogP contribution in [0.2, 0.25) is 0 Å². The summed E-state index contributed by atoms with van der Waals surface area (Å²) < 4.78 is 7.03. The summed E-state index contributed by atoms with van der Waals surface area (Å²) in [6, 6.07) is 7.90. The molecule has 24 heavy (non-hydrogen) atoms. The maximum Gasteiger partial charge on any atom is 0.266 e. The minimum atomic E-state index is 0.0231. The first-order chi connectivity index (χ1) is 11.6. The number of benzene rings is 1. The van der Waals surface area contributed by atoms with Crippen LogP contribution in [-0.2, 0) is 9.53 Å². The van der Waals surface area contributed by atoms with Gasteiger partial charge >= 0.3 is 0 Å². The van der Waals surface area contributed by atoms with E-state index in [4.69, 9.17) is 17.0 Å². The average Bonchev–Trinajstić information content (AvgIpc) is 2.85. The highest BCUT2D eigenvalue weighted by molar-refractivity contribution is 9.10. The molecule has 0 N–H and O–H groups in total. The van der Waals surface area contributed by atoms with E-state index in [-0.39, 0.29) is 5.91 Å². The van der Waals surface area contributed by atoms with E-state index in [2.05, 4.69) is 20.8 Å². The second-order valence-corrected chi connectivity index (χ2v) is 8.28. The van der Waals surface area contributed by atoms with Crippen molar-refractivity contribution in [2.45, 2.75) is 6.42 Å². The Morgan fingerprint density at radius 2 is 1.92 bits per heavy atom. The van der Waals surface area contributed by atoms with Crippen molar-refractivity contribution < 1.29 is 9.53 Å². The van der Waals surface area contributed by atoms with Gasteiger partial charge in [0.2, 0.25) is 0 Å². The molecule has 2 heterocycles. The highest BCUT2D eigenvalue weighted by Crippen LogP contribution is 2.32. The van der Waals surface area contributed by atoms with E-state index >= 15 is 0 Å². The SMILES string of the molecule is O=C1/C(=C\c2ccc(Br)cc2)SC(=S)N1CCCN1CCOCC1. The summed E-state index contributed by atoms with van der Waals surface area (Å²) in [6.07, 6.45) is 2.84. The molecule has 0 unspecified atom stereocenters. The Hall–Kier alpha value is -0.730. The molecule has 0 bridgehead atoms. The molecule has 2 fully saturated rings. The van der Waals surface area contributed by atoms with E-state index in [1.807, 2.05) is 30.3 Å². The second kappa shape index (κ2) is 8.58. The average molecular weight is 427 g/mol. The van der Waals surface area contributed by atoms with Crippen LogP contribution in [0.4, 0.5) is 0 Å². The zero-order chi connectivity index (χ0) is 16.9. The fraction of sp³-hybridized carbons (Fsp3) is 0.412. The molecule has 2 saturated heterocycles. The van der Waals surface area contributed by atoms with Gasteiger partial charge in [0.15, 0.2) is 0 Å². The second-order valence-electron chi connectivity index (χ2n) is 5.69. The van der Waals surface area contributed by atoms with E-state index in [1.165, 1.54) is 11.8 Å². The standard InChI is InChI=1S/C17H19BrN2O2S2/c18-14-4-2-13(3-5-14)12-15-16(21)20(17(23)24-15)7-1-6-19-8-10-22-11-9-19/h2-5,12H,1,6-11H2/b15-12+. The number of rotatable bonds is 5. The lowest BCUT2D eigenvalue weighted by molar-refractivity contribution is -0.122. The number of nitrogens with zero attached hydrogens (tertiary/aromatic N) is 2. The molecule has 1 aromatic rings. The molecule has 4 nitrogen and oxygen atoms in total. The van der Waals surface area contributed by atoms with Crippen molar-refractivity contribution in [3.63, 3.8) is 0 Å². The highest BCUT2D eigenvalue weighted by Gasteiger charge is 2.31. The Kier molecular flexibility index (Phi) is 6.46. The summed E-state index contributed by atoms with van der Waals surface area (Å²) in [7, 11) is 0. The third-order valence-electron chi connectivity index (χ3n) is 4.00. The van der Waals surface area contributed by atoms with Crippen molar-refractivity contribution in [3.05, 3.63) is 39.2 Å². The molecule has 0 radical (unpaired) electrons. The van der Waals surface area contributed by atoms with Crippen LogP contribution in [0.25, 0.3) is 6.08 Å². The van der Waals surface area contributed by atoms with Crippen molar-refractivity contribution in [2.75, 3.05) is 39.4 Å². The first-order valence-corrected chi connectivity index (χ1v) is 9.96. The predicted molar refractivity (Wildman–Crippen MR) is 106 cm³/mol. The van der Waals surface area contributed by atoms with E-state index in [1.54, 1.807) is 4.90 Å². The molecule has 7 heteroatoms. The molecule has 0 spiro atoms. The summed E-state index contributed by atoms with van der Waals surface area (Å²) in [4.78, 5) is 17.4. The van der Waals surface area contributed by atoms with Gasteiger partial charge in [-0.1, -0.05) is 52.0 Å². The molecule has 1 aromatic carbocycles. The normalized spacial score (nSPS) is 21.0. The Morgan fingerprint density at radius 3 is 2.62 bits per heavy atom. The van der Waals surface area contributed by atoms with E-state index in [9.17, 15) is 4.79 Å². The van der Waals surface area contributed by atoms with Crippen LogP contribution in [0, 0.1) is 0 Å². The van der Waals surface area contributed by atoms with Crippen molar-refractivity contribution in [1.29, 1.82) is 0 Å². The molecule has 128 valence electrons. The number of ether oxygens (including phenoxy) is 1. The Balaban J connectivity index is 1.56. The van der Waals surface area contributed by atoms with Gasteiger partial charge in [0.25, 0.3) is 5.91 Å². The number of thioether (sulfide) groups is 1. The van der Waals surface area contributed by atoms with Gasteiger partial charge in [0, 0.05) is 30.7 Å². The third-order valence-corrected chi connectivity index (χ3v) is 5.91. The number of hydrogen-bond acceptors (Lipinski definition) is 5. The lowest BCUT2D eigenvalue weighted by atomic mass is 10.2. The topological polar surface area (TPSA) is 32.8 Å². The maximum absolute atomic E-state index is 12.6. The summed E-state index contributed by atoms with van der Waals surface area (Å²) in [5.41, 5.74) is 1.01. The van der Waals surface area contributed by atoms with Crippen molar-refractivity contribution in [2.24, 2.45) is 0 Å². The maximum atomic E-state index is 12.6. The number of carbonyl (C=O) groups is 1. The van der Waals surface area contributed by atoms with Crippen LogP contribution in [0.15, 0.2) is 33.6 Å². The lowest BCUT2D eigenvalue weighted by Crippen LogP contribution is -2.38. The fourth-order valence-corrected chi connectivity index (χ4v) is 4.25. The largest absolute Gasteiger partial charge is 0.379 e. The quantitative estimate of drug-likeness (QED) is 0.532. The minimum absolute atomic E-state index is 0.0231. The van der Waals surface area contributed by atoms with Crippen LogP contribution >= 0.6 is 39.9 Å². The Bertz CT molecular complexity index is 642. The van der Waals surface area contributed by atoms with Crippen LogP contribution in [-0.4, -0.2) is 59.4 Å². The summed E-state index contributed by atoms with van der Waals surface area (Å²) in [5, 5.41) is 0. The summed E-state index contributed by atoms with van der Waals surface area (Å²) in [6.45, 7) is 5.21. The Labute approximate surface area is 160 Å². The number of halogens is 1. The highest BCUT2D eigenvalue weighted by atomic mass is 79.9. The molecule has 3 rings (SSSR count). The molecule has 1 amide bonds. The van der Waals surface area contributed by atoms with Gasteiger partial charge in [-0.25, -0.2) is 0 Å². The number of amides is 1. The van der Waals surface area contributed by atoms with E-state index < -0.39 is 0 Å². The van der Waals surface area contributed by atoms with Gasteiger partial charge in [-0.05, 0) is 30.2 Å². The molecular formula is C17H19BrN2O2S2. The monoisotopic (exact) mass is 426 g/mol. The van der Waals surface area contributed by atoms with Crippen molar-refractivity contribution in [1.82, 2.24) is 9.80 Å². The number of hydrogen-bond donors (Lipinski definition) is 0. The first kappa shape index (κ1) is 18.1. The summed E-state index contributed by atoms with van der Waals surface area (Å²) in [5.74, 6) is 0.0231. The predicted octanol–water partition coefficient (Wildman–Crippen LogP) is 3.37. The number of morpholine rings is 1. The van der Waals surface area contributed by atoms with Gasteiger partial charge in [-0.2, -0.15) is 0 Å². The first-order valence-electron chi connectivity index (χ1n) is 7.94. The van der Waals surface area contributed by atoms with E-state index in [0.717, 1.165) is 49.3 Å². The number of carbonyl (C=O) groups excluding carboxylic acids is 1. The molecule has 2 aliphatic heterocycles. The van der Waals surface area contributed by atoms with Gasteiger partial charge in [-0.3, -0.25) is 14.6 Å². The number of thiocarbonyl (C=S) groups is 1. The Morgan fingerprint density at radius 1 is 1.21 bits per heavy atom. The lowest BCUT2D eigenvalue weighted by Gasteiger charge is -2.27. The smallest absolute Gasteiger partial charge is 0.266 e. The molecule has 0 aliphatic carbocycles. The zero-order valence-corrected chi connectivity index (χ0v) is 16.5. The van der Waals surface area contributed by atoms with E-state index in [0.29, 0.717) is 15.8 Å². The van der Waals surface area contributed by atoms with Gasteiger partial charge in [0.1, 0.15) is 4.32 Å². The van der Waals surface area contributed by atoms with Crippen LogP contribution in [0.5, 0.6) is 0 Å². The van der Waals surface area contributed by atoms with Crippen LogP contribution in [0.1, 0.15) is 12.0 Å². The molecular weight excluding hydrogens is 408 g/mol. The minimum Gasteiger partial charge on any atom is -0.379 e. The van der Waals surface area contributed by atoms with Crippen molar-refractivity contribution in [3.8, 4) is 0 Å². The molecule has 0 saturated carbocycles. The molecule has 2 aliphatic rings. The van der Waals surface area contributed by atoms with Crippen LogP contribution < -0.4 is 0 Å². The third kappa shape index (κ3) is 4.67. The zero-order valence-electron chi connectivity index (χ0n) is 13.2. The van der Waals surface area contributed by atoms with Gasteiger partial charge < -0.3 is 4.74 Å². The summed E-state index contributed by atoms with van der Waals surface area (Å²) >= 11 is 10.2. The molecule has 0 atom stereocenters. The van der Waals surface area contributed by atoms with Crippen LogP contribution in [0.3, 0.4) is 0 Å². The van der Waals surface area contributed by atoms with Gasteiger partial charge in [-0.15, -0.1) is 0 Å². The fourth-order valence-electron chi connectivity index (χ4n) is 2.68. The molecule has 0 aromatic heterocycles. The van der Waals surface area contributed by atoms with Gasteiger partial charge in [0.05, 0.1) is 18.1 Å². The van der Waals surface area contributed by atoms with Crippen molar-refractivity contribution >= 4 is 56.2 Å².